The minimum absolute atomic E-state index is 0.415. The average molecular weight is 120 g/mol. The topological polar surface area (TPSA) is 0 Å². The summed E-state index contributed by atoms with van der Waals surface area (Å²) in [6.07, 6.45) is 12.3. The standard InChI is InChI=1S/C9H12/c1-2-9-6-4-3-5-8(9)7-9/h1,8H,3-7H2/t8-,9-/m0/s1. The van der Waals surface area contributed by atoms with E-state index < -0.39 is 0 Å². The molecule has 0 spiro atoms. The summed E-state index contributed by atoms with van der Waals surface area (Å²) in [4.78, 5) is 0. The highest BCUT2D eigenvalue weighted by Crippen LogP contribution is 2.60. The lowest BCUT2D eigenvalue weighted by Crippen LogP contribution is -2.05. The minimum Gasteiger partial charge on any atom is -0.120 e. The molecule has 0 nitrogen and oxygen atoms in total. The molecule has 9 heavy (non-hydrogen) atoms. The van der Waals surface area contributed by atoms with Crippen molar-refractivity contribution in [1.29, 1.82) is 0 Å². The minimum atomic E-state index is 0.415. The molecule has 0 aromatic rings. The van der Waals surface area contributed by atoms with Crippen LogP contribution in [-0.2, 0) is 0 Å². The smallest absolute Gasteiger partial charge is 0.0343 e. The lowest BCUT2D eigenvalue weighted by Gasteiger charge is -2.14. The molecule has 2 fully saturated rings. The molecule has 0 amide bonds. The van der Waals surface area contributed by atoms with E-state index in [1.54, 1.807) is 0 Å². The van der Waals surface area contributed by atoms with Crippen LogP contribution in [0.3, 0.4) is 0 Å². The second-order valence-electron chi connectivity index (χ2n) is 3.45. The molecule has 0 radical (unpaired) electrons. The van der Waals surface area contributed by atoms with Crippen molar-refractivity contribution in [2.45, 2.75) is 32.1 Å². The van der Waals surface area contributed by atoms with Gasteiger partial charge in [0.25, 0.3) is 0 Å². The van der Waals surface area contributed by atoms with Gasteiger partial charge < -0.3 is 0 Å². The van der Waals surface area contributed by atoms with Crippen LogP contribution in [0, 0.1) is 23.7 Å². The molecule has 2 atom stereocenters. The molecule has 2 saturated carbocycles. The van der Waals surface area contributed by atoms with Crippen LogP contribution in [0.2, 0.25) is 0 Å². The van der Waals surface area contributed by atoms with Gasteiger partial charge in [0.2, 0.25) is 0 Å². The molecule has 0 heteroatoms. The van der Waals surface area contributed by atoms with Gasteiger partial charge in [-0.1, -0.05) is 18.8 Å². The first kappa shape index (κ1) is 5.35. The molecule has 0 aromatic heterocycles. The van der Waals surface area contributed by atoms with Crippen LogP contribution >= 0.6 is 0 Å². The Bertz CT molecular complexity index is 163. The van der Waals surface area contributed by atoms with E-state index in [9.17, 15) is 0 Å². The predicted molar refractivity (Wildman–Crippen MR) is 37.8 cm³/mol. The van der Waals surface area contributed by atoms with Gasteiger partial charge >= 0.3 is 0 Å². The summed E-state index contributed by atoms with van der Waals surface area (Å²) in [5.41, 5.74) is 0.415. The monoisotopic (exact) mass is 120 g/mol. The number of rotatable bonds is 0. The van der Waals surface area contributed by atoms with Gasteiger partial charge in [0.1, 0.15) is 0 Å². The maximum absolute atomic E-state index is 5.43. The first-order chi connectivity index (χ1) is 4.37. The summed E-state index contributed by atoms with van der Waals surface area (Å²) >= 11 is 0. The maximum atomic E-state index is 5.43. The molecule has 0 aromatic carbocycles. The van der Waals surface area contributed by atoms with Gasteiger partial charge in [0.05, 0.1) is 0 Å². The Kier molecular flexibility index (Phi) is 0.913. The molecule has 0 unspecified atom stereocenters. The van der Waals surface area contributed by atoms with E-state index in [0.29, 0.717) is 5.41 Å². The molecular weight excluding hydrogens is 108 g/mol. The Hall–Kier alpha value is -0.440. The van der Waals surface area contributed by atoms with Crippen LogP contribution in [0.4, 0.5) is 0 Å². The van der Waals surface area contributed by atoms with Crippen molar-refractivity contribution in [3.05, 3.63) is 0 Å². The van der Waals surface area contributed by atoms with Crippen LogP contribution in [0.25, 0.3) is 0 Å². The zero-order valence-corrected chi connectivity index (χ0v) is 5.69. The van der Waals surface area contributed by atoms with Crippen molar-refractivity contribution in [2.24, 2.45) is 11.3 Å². The Morgan fingerprint density at radius 2 is 2.33 bits per heavy atom. The van der Waals surface area contributed by atoms with Gasteiger partial charge in [-0.2, -0.15) is 0 Å². The highest BCUT2D eigenvalue weighted by atomic mass is 14.6. The lowest BCUT2D eigenvalue weighted by molar-refractivity contribution is 0.415. The third-order valence-corrected chi connectivity index (χ3v) is 2.94. The van der Waals surface area contributed by atoms with Crippen LogP contribution in [0.5, 0.6) is 0 Å². The fourth-order valence-corrected chi connectivity index (χ4v) is 2.15. The Balaban J connectivity index is 2.11. The fraction of sp³-hybridized carbons (Fsp3) is 0.778. The summed E-state index contributed by atoms with van der Waals surface area (Å²) < 4.78 is 0. The van der Waals surface area contributed by atoms with Crippen molar-refractivity contribution in [3.63, 3.8) is 0 Å². The second kappa shape index (κ2) is 1.53. The number of fused-ring (bicyclic) bond motifs is 1. The Labute approximate surface area is 56.6 Å². The molecule has 0 aliphatic heterocycles. The van der Waals surface area contributed by atoms with Crippen molar-refractivity contribution in [3.8, 4) is 12.3 Å². The van der Waals surface area contributed by atoms with E-state index in [2.05, 4.69) is 5.92 Å². The molecule has 2 rings (SSSR count). The summed E-state index contributed by atoms with van der Waals surface area (Å²) in [5.74, 6) is 3.88. The molecule has 0 bridgehead atoms. The second-order valence-corrected chi connectivity index (χ2v) is 3.45. The van der Waals surface area contributed by atoms with E-state index in [1.165, 1.54) is 32.1 Å². The predicted octanol–water partition coefficient (Wildman–Crippen LogP) is 2.20. The molecule has 0 heterocycles. The molecule has 48 valence electrons. The maximum Gasteiger partial charge on any atom is 0.0343 e. The van der Waals surface area contributed by atoms with Crippen molar-refractivity contribution >= 4 is 0 Å². The first-order valence-electron chi connectivity index (χ1n) is 3.85. The number of hydrogen-bond acceptors (Lipinski definition) is 0. The van der Waals surface area contributed by atoms with Crippen molar-refractivity contribution in [1.82, 2.24) is 0 Å². The third kappa shape index (κ3) is 0.611. The first-order valence-corrected chi connectivity index (χ1v) is 3.85. The average Bonchev–Trinajstić information content (AvgIpc) is 2.62. The van der Waals surface area contributed by atoms with E-state index in [4.69, 9.17) is 6.42 Å². The van der Waals surface area contributed by atoms with Gasteiger partial charge in [-0.15, -0.1) is 6.42 Å². The highest BCUT2D eigenvalue weighted by Gasteiger charge is 2.53. The molecular formula is C9H12. The van der Waals surface area contributed by atoms with Crippen LogP contribution in [0.1, 0.15) is 32.1 Å². The zero-order valence-electron chi connectivity index (χ0n) is 5.69. The van der Waals surface area contributed by atoms with Crippen LogP contribution in [0.15, 0.2) is 0 Å². The van der Waals surface area contributed by atoms with Crippen LogP contribution < -0.4 is 0 Å². The Morgan fingerprint density at radius 3 is 2.89 bits per heavy atom. The SMILES string of the molecule is C#C[C@@]12CCCC[C@H]1C2. The van der Waals surface area contributed by atoms with E-state index in [0.717, 1.165) is 5.92 Å². The van der Waals surface area contributed by atoms with Crippen LogP contribution in [-0.4, -0.2) is 0 Å². The van der Waals surface area contributed by atoms with Gasteiger partial charge in [-0.05, 0) is 25.2 Å². The summed E-state index contributed by atoms with van der Waals surface area (Å²) in [7, 11) is 0. The Morgan fingerprint density at radius 1 is 1.44 bits per heavy atom. The fourth-order valence-electron chi connectivity index (χ4n) is 2.15. The zero-order chi connectivity index (χ0) is 6.32. The summed E-state index contributed by atoms with van der Waals surface area (Å²) in [5, 5.41) is 0. The van der Waals surface area contributed by atoms with Crippen molar-refractivity contribution in [2.75, 3.05) is 0 Å². The van der Waals surface area contributed by atoms with Gasteiger partial charge in [-0.3, -0.25) is 0 Å². The summed E-state index contributed by atoms with van der Waals surface area (Å²) in [6.45, 7) is 0. The molecule has 2 aliphatic rings. The third-order valence-electron chi connectivity index (χ3n) is 2.94. The lowest BCUT2D eigenvalue weighted by atomic mass is 9.89. The number of hydrogen-bond donors (Lipinski definition) is 0. The van der Waals surface area contributed by atoms with E-state index in [-0.39, 0.29) is 0 Å². The largest absolute Gasteiger partial charge is 0.120 e. The summed E-state index contributed by atoms with van der Waals surface area (Å²) in [6, 6.07) is 0. The number of terminal acetylenes is 1. The van der Waals surface area contributed by atoms with E-state index >= 15 is 0 Å². The molecule has 0 N–H and O–H groups in total. The quantitative estimate of drug-likeness (QED) is 0.430. The van der Waals surface area contributed by atoms with E-state index in [1.807, 2.05) is 0 Å². The molecule has 2 aliphatic carbocycles. The molecule has 0 saturated heterocycles. The highest BCUT2D eigenvalue weighted by molar-refractivity contribution is 5.20. The van der Waals surface area contributed by atoms with Crippen molar-refractivity contribution < 1.29 is 0 Å². The van der Waals surface area contributed by atoms with Gasteiger partial charge in [0, 0.05) is 5.41 Å². The van der Waals surface area contributed by atoms with Gasteiger partial charge in [-0.25, -0.2) is 0 Å². The van der Waals surface area contributed by atoms with Gasteiger partial charge in [0.15, 0.2) is 0 Å². The normalized spacial score (nSPS) is 47.2.